The van der Waals surface area contributed by atoms with Gasteiger partial charge in [-0.15, -0.1) is 0 Å². The van der Waals surface area contributed by atoms with Gasteiger partial charge in [0.2, 0.25) is 0 Å². The molecule has 1 fully saturated rings. The van der Waals surface area contributed by atoms with Gasteiger partial charge < -0.3 is 16.2 Å². The van der Waals surface area contributed by atoms with Crippen molar-refractivity contribution in [3.63, 3.8) is 0 Å². The van der Waals surface area contributed by atoms with Crippen LogP contribution in [0.15, 0.2) is 18.5 Å². The summed E-state index contributed by atoms with van der Waals surface area (Å²) in [7, 11) is 0. The Morgan fingerprint density at radius 3 is 2.83 bits per heavy atom. The second-order valence-corrected chi connectivity index (χ2v) is 3.10. The molecule has 0 aromatic carbocycles. The number of pyridine rings is 1. The third kappa shape index (κ3) is 0.964. The number of anilines is 1. The van der Waals surface area contributed by atoms with Crippen LogP contribution in [0, 0.1) is 0 Å². The number of nitrogens with one attached hydrogen (secondary N) is 1. The summed E-state index contributed by atoms with van der Waals surface area (Å²) in [4.78, 5) is 3.93. The summed E-state index contributed by atoms with van der Waals surface area (Å²) in [5.74, 6) is 0. The van der Waals surface area contributed by atoms with Crippen LogP contribution in [0.2, 0.25) is 0 Å². The Morgan fingerprint density at radius 2 is 2.33 bits per heavy atom. The first-order valence-corrected chi connectivity index (χ1v) is 3.85. The zero-order valence-corrected chi connectivity index (χ0v) is 6.62. The summed E-state index contributed by atoms with van der Waals surface area (Å²) in [5.41, 5.74) is 6.23. The number of nitrogens with two attached hydrogens (primary N) is 1. The Bertz CT molecular complexity index is 296. The molecule has 1 aliphatic rings. The number of rotatable bonds is 1. The minimum absolute atomic E-state index is 0.558. The van der Waals surface area contributed by atoms with Gasteiger partial charge in [-0.2, -0.15) is 0 Å². The van der Waals surface area contributed by atoms with Crippen molar-refractivity contribution in [1.29, 1.82) is 0 Å². The maximum atomic E-state index is 9.88. The number of aliphatic hydroxyl groups is 1. The Labute approximate surface area is 70.4 Å². The van der Waals surface area contributed by atoms with Gasteiger partial charge in [-0.25, -0.2) is 0 Å². The normalized spacial score (nSPS) is 20.1. The fourth-order valence-electron chi connectivity index (χ4n) is 1.35. The molecule has 1 aliphatic heterocycles. The predicted octanol–water partition coefficient (Wildman–Crippen LogP) is -0.545. The van der Waals surface area contributed by atoms with Gasteiger partial charge in [0.1, 0.15) is 5.60 Å². The first-order valence-electron chi connectivity index (χ1n) is 3.85. The van der Waals surface area contributed by atoms with E-state index in [-0.39, 0.29) is 0 Å². The topological polar surface area (TPSA) is 71.2 Å². The minimum Gasteiger partial charge on any atom is -0.398 e. The molecule has 1 aromatic rings. The van der Waals surface area contributed by atoms with Crippen LogP contribution in [0.25, 0.3) is 0 Å². The second kappa shape index (κ2) is 2.43. The smallest absolute Gasteiger partial charge is 0.118 e. The molecule has 0 unspecified atom stereocenters. The van der Waals surface area contributed by atoms with Crippen molar-refractivity contribution >= 4 is 5.69 Å². The molecular weight excluding hydrogens is 154 g/mol. The first kappa shape index (κ1) is 7.52. The Kier molecular flexibility index (Phi) is 1.52. The molecule has 0 aliphatic carbocycles. The minimum atomic E-state index is -0.793. The van der Waals surface area contributed by atoms with Crippen LogP contribution in [-0.4, -0.2) is 23.2 Å². The van der Waals surface area contributed by atoms with E-state index >= 15 is 0 Å². The lowest BCUT2D eigenvalue weighted by Gasteiger charge is -2.38. The zero-order chi connectivity index (χ0) is 8.60. The van der Waals surface area contributed by atoms with E-state index in [1.165, 1.54) is 0 Å². The Morgan fingerprint density at radius 1 is 1.58 bits per heavy atom. The average molecular weight is 165 g/mol. The molecule has 4 heteroatoms. The van der Waals surface area contributed by atoms with Crippen molar-refractivity contribution in [2.75, 3.05) is 18.8 Å². The molecule has 0 saturated carbocycles. The highest BCUT2D eigenvalue weighted by Crippen LogP contribution is 2.28. The third-order valence-electron chi connectivity index (χ3n) is 2.19. The standard InChI is InChI=1S/C8H11N3O/c9-7-1-2-10-3-6(7)8(12)4-11-5-8/h1-3,11-12H,4-5H2,(H2,9,10). The van der Waals surface area contributed by atoms with E-state index < -0.39 is 5.60 Å². The molecule has 4 nitrogen and oxygen atoms in total. The van der Waals surface area contributed by atoms with Gasteiger partial charge >= 0.3 is 0 Å². The molecule has 1 saturated heterocycles. The van der Waals surface area contributed by atoms with Crippen LogP contribution in [0.4, 0.5) is 5.69 Å². The van der Waals surface area contributed by atoms with Crippen LogP contribution in [0.5, 0.6) is 0 Å². The van der Waals surface area contributed by atoms with Crippen LogP contribution >= 0.6 is 0 Å². The van der Waals surface area contributed by atoms with E-state index in [4.69, 9.17) is 5.73 Å². The zero-order valence-electron chi connectivity index (χ0n) is 6.62. The lowest BCUT2D eigenvalue weighted by molar-refractivity contribution is -0.0142. The van der Waals surface area contributed by atoms with Gasteiger partial charge in [0, 0.05) is 36.7 Å². The number of hydrogen-bond acceptors (Lipinski definition) is 4. The molecular formula is C8H11N3O. The molecule has 0 amide bonds. The van der Waals surface area contributed by atoms with Crippen molar-refractivity contribution in [3.05, 3.63) is 24.0 Å². The number of aromatic nitrogens is 1. The van der Waals surface area contributed by atoms with Gasteiger partial charge in [-0.05, 0) is 6.07 Å². The van der Waals surface area contributed by atoms with E-state index in [9.17, 15) is 5.11 Å². The van der Waals surface area contributed by atoms with E-state index in [0.29, 0.717) is 18.8 Å². The van der Waals surface area contributed by atoms with Gasteiger partial charge in [0.15, 0.2) is 0 Å². The van der Waals surface area contributed by atoms with Gasteiger partial charge in [0.25, 0.3) is 0 Å². The maximum absolute atomic E-state index is 9.88. The molecule has 1 aromatic heterocycles. The van der Waals surface area contributed by atoms with Crippen molar-refractivity contribution in [1.82, 2.24) is 10.3 Å². The third-order valence-corrected chi connectivity index (χ3v) is 2.19. The van der Waals surface area contributed by atoms with E-state index in [0.717, 1.165) is 5.56 Å². The molecule has 2 heterocycles. The molecule has 0 bridgehead atoms. The van der Waals surface area contributed by atoms with Gasteiger partial charge in [-0.3, -0.25) is 4.98 Å². The summed E-state index contributed by atoms with van der Waals surface area (Å²) < 4.78 is 0. The first-order chi connectivity index (χ1) is 5.72. The van der Waals surface area contributed by atoms with E-state index in [1.807, 2.05) is 0 Å². The SMILES string of the molecule is Nc1ccncc1C1(O)CNC1. The van der Waals surface area contributed by atoms with Crippen LogP contribution in [0.3, 0.4) is 0 Å². The number of β-amino-alcohol motifs (C(OH)–C–C–N with tert-alkyl or cyclic N) is 1. The quantitative estimate of drug-likeness (QED) is 0.522. The van der Waals surface area contributed by atoms with Gasteiger partial charge in [-0.1, -0.05) is 0 Å². The molecule has 2 rings (SSSR count). The summed E-state index contributed by atoms with van der Waals surface area (Å²) in [6.45, 7) is 1.12. The van der Waals surface area contributed by atoms with Crippen molar-refractivity contribution < 1.29 is 5.11 Å². The molecule has 0 spiro atoms. The highest BCUT2D eigenvalue weighted by atomic mass is 16.3. The highest BCUT2D eigenvalue weighted by molar-refractivity contribution is 5.49. The molecule has 64 valence electrons. The fraction of sp³-hybridized carbons (Fsp3) is 0.375. The number of nitrogen functional groups attached to an aromatic ring is 1. The lowest BCUT2D eigenvalue weighted by atomic mass is 9.88. The van der Waals surface area contributed by atoms with Crippen LogP contribution in [0.1, 0.15) is 5.56 Å². The number of nitrogens with zero attached hydrogens (tertiary/aromatic N) is 1. The largest absolute Gasteiger partial charge is 0.398 e. The monoisotopic (exact) mass is 165 g/mol. The molecule has 4 N–H and O–H groups in total. The maximum Gasteiger partial charge on any atom is 0.118 e. The van der Waals surface area contributed by atoms with Gasteiger partial charge in [0.05, 0.1) is 0 Å². The average Bonchev–Trinajstić information content (AvgIpc) is 2.01. The van der Waals surface area contributed by atoms with Crippen molar-refractivity contribution in [2.45, 2.75) is 5.60 Å². The predicted molar refractivity (Wildman–Crippen MR) is 45.4 cm³/mol. The molecule has 0 radical (unpaired) electrons. The lowest BCUT2D eigenvalue weighted by Crippen LogP contribution is -2.57. The van der Waals surface area contributed by atoms with Crippen LogP contribution in [-0.2, 0) is 5.60 Å². The number of hydrogen-bond donors (Lipinski definition) is 3. The summed E-state index contributed by atoms with van der Waals surface area (Å²) in [6, 6.07) is 1.70. The van der Waals surface area contributed by atoms with Crippen molar-refractivity contribution in [3.8, 4) is 0 Å². The molecule has 0 atom stereocenters. The van der Waals surface area contributed by atoms with E-state index in [1.54, 1.807) is 18.5 Å². The second-order valence-electron chi connectivity index (χ2n) is 3.10. The fourth-order valence-corrected chi connectivity index (χ4v) is 1.35. The molecule has 12 heavy (non-hydrogen) atoms. The summed E-state index contributed by atoms with van der Waals surface area (Å²) in [6.07, 6.45) is 3.24. The van der Waals surface area contributed by atoms with E-state index in [2.05, 4.69) is 10.3 Å². The Hall–Kier alpha value is -1.13. The highest BCUT2D eigenvalue weighted by Gasteiger charge is 2.37. The van der Waals surface area contributed by atoms with Crippen LogP contribution < -0.4 is 11.1 Å². The summed E-state index contributed by atoms with van der Waals surface area (Å²) in [5, 5.41) is 12.9. The Balaban J connectivity index is 2.39. The summed E-state index contributed by atoms with van der Waals surface area (Å²) >= 11 is 0. The van der Waals surface area contributed by atoms with Crippen molar-refractivity contribution in [2.24, 2.45) is 0 Å².